The number of ether oxygens (including phenoxy) is 1. The van der Waals surface area contributed by atoms with Gasteiger partial charge in [0.1, 0.15) is 11.5 Å². The summed E-state index contributed by atoms with van der Waals surface area (Å²) in [6.07, 6.45) is 3.27. The molecule has 70 valence electrons. The molecule has 0 radical (unpaired) electrons. The number of benzene rings is 1. The average Bonchev–Trinajstić information content (AvgIpc) is 2.28. The Bertz CT molecular complexity index is 318. The molecule has 1 aliphatic heterocycles. The third-order valence-electron chi connectivity index (χ3n) is 2.42. The molecule has 1 aromatic carbocycles. The summed E-state index contributed by atoms with van der Waals surface area (Å²) in [7, 11) is 0. The monoisotopic (exact) mass is 178 g/mol. The van der Waals surface area contributed by atoms with Crippen LogP contribution in [0.2, 0.25) is 0 Å². The summed E-state index contributed by atoms with van der Waals surface area (Å²) in [5.41, 5.74) is 2.19. The van der Waals surface area contributed by atoms with Gasteiger partial charge in [0.05, 0.1) is 6.61 Å². The van der Waals surface area contributed by atoms with Crippen LogP contribution in [0.4, 0.5) is 0 Å². The molecule has 0 saturated heterocycles. The number of aromatic hydroxyl groups is 1. The highest BCUT2D eigenvalue weighted by atomic mass is 16.5. The van der Waals surface area contributed by atoms with Crippen molar-refractivity contribution >= 4 is 0 Å². The van der Waals surface area contributed by atoms with Gasteiger partial charge in [0.25, 0.3) is 0 Å². The van der Waals surface area contributed by atoms with E-state index in [2.05, 4.69) is 0 Å². The Hall–Kier alpha value is -1.18. The van der Waals surface area contributed by atoms with Crippen molar-refractivity contribution in [1.29, 1.82) is 0 Å². The number of hydrogen-bond acceptors (Lipinski definition) is 2. The van der Waals surface area contributed by atoms with E-state index in [9.17, 15) is 5.11 Å². The van der Waals surface area contributed by atoms with Crippen LogP contribution in [0.15, 0.2) is 12.1 Å². The minimum absolute atomic E-state index is 0.349. The lowest BCUT2D eigenvalue weighted by Gasteiger charge is -2.10. The molecule has 0 bridgehead atoms. The Morgan fingerprint density at radius 1 is 1.31 bits per heavy atom. The number of phenolic OH excluding ortho intramolecular Hbond substituents is 1. The molecule has 0 fully saturated rings. The topological polar surface area (TPSA) is 29.5 Å². The molecule has 0 spiro atoms. The zero-order valence-corrected chi connectivity index (χ0v) is 7.84. The van der Waals surface area contributed by atoms with E-state index >= 15 is 0 Å². The van der Waals surface area contributed by atoms with Gasteiger partial charge in [-0.15, -0.1) is 0 Å². The van der Waals surface area contributed by atoms with Gasteiger partial charge in [-0.3, -0.25) is 0 Å². The minimum atomic E-state index is 0.349. The van der Waals surface area contributed by atoms with Crippen LogP contribution in [-0.4, -0.2) is 11.7 Å². The predicted molar refractivity (Wildman–Crippen MR) is 51.3 cm³/mol. The van der Waals surface area contributed by atoms with Crippen molar-refractivity contribution in [2.24, 2.45) is 0 Å². The lowest BCUT2D eigenvalue weighted by atomic mass is 10.0. The standard InChI is InChI=1S/C11H14O2/c1-8-6-10(12)7-9-4-2-3-5-13-11(8)9/h6-7,12H,2-5H2,1H3. The lowest BCUT2D eigenvalue weighted by molar-refractivity contribution is 0.314. The van der Waals surface area contributed by atoms with Crippen molar-refractivity contribution in [1.82, 2.24) is 0 Å². The van der Waals surface area contributed by atoms with E-state index in [-0.39, 0.29) is 0 Å². The second-order valence-electron chi connectivity index (χ2n) is 3.56. The quantitative estimate of drug-likeness (QED) is 0.661. The fourth-order valence-electron chi connectivity index (χ4n) is 1.81. The molecule has 0 unspecified atom stereocenters. The first-order chi connectivity index (χ1) is 6.27. The molecular weight excluding hydrogens is 164 g/mol. The van der Waals surface area contributed by atoms with Crippen LogP contribution in [0.3, 0.4) is 0 Å². The van der Waals surface area contributed by atoms with Gasteiger partial charge in [-0.2, -0.15) is 0 Å². The summed E-state index contributed by atoms with van der Waals surface area (Å²) >= 11 is 0. The molecule has 1 heterocycles. The van der Waals surface area contributed by atoms with Crippen LogP contribution < -0.4 is 4.74 Å². The Labute approximate surface area is 78.2 Å². The highest BCUT2D eigenvalue weighted by molar-refractivity contribution is 5.46. The van der Waals surface area contributed by atoms with Crippen molar-refractivity contribution < 1.29 is 9.84 Å². The predicted octanol–water partition coefficient (Wildman–Crippen LogP) is 2.42. The van der Waals surface area contributed by atoms with Crippen molar-refractivity contribution in [2.75, 3.05) is 6.61 Å². The van der Waals surface area contributed by atoms with Crippen molar-refractivity contribution in [3.8, 4) is 11.5 Å². The second kappa shape index (κ2) is 3.29. The third-order valence-corrected chi connectivity index (χ3v) is 2.42. The van der Waals surface area contributed by atoms with Gasteiger partial charge in [-0.05, 0) is 49.4 Å². The Balaban J connectivity index is 2.47. The second-order valence-corrected chi connectivity index (χ2v) is 3.56. The lowest BCUT2D eigenvalue weighted by Crippen LogP contribution is -1.96. The Morgan fingerprint density at radius 2 is 2.15 bits per heavy atom. The first kappa shape index (κ1) is 8.42. The zero-order chi connectivity index (χ0) is 9.26. The van der Waals surface area contributed by atoms with E-state index in [4.69, 9.17) is 4.74 Å². The van der Waals surface area contributed by atoms with Crippen LogP contribution in [-0.2, 0) is 6.42 Å². The maximum absolute atomic E-state index is 9.41. The van der Waals surface area contributed by atoms with E-state index in [0.29, 0.717) is 5.75 Å². The summed E-state index contributed by atoms with van der Waals surface area (Å²) < 4.78 is 5.62. The summed E-state index contributed by atoms with van der Waals surface area (Å²) in [6, 6.07) is 3.57. The molecule has 0 amide bonds. The minimum Gasteiger partial charge on any atom is -0.508 e. The summed E-state index contributed by atoms with van der Waals surface area (Å²) in [6.45, 7) is 2.78. The van der Waals surface area contributed by atoms with Gasteiger partial charge in [-0.1, -0.05) is 0 Å². The number of hydrogen-bond donors (Lipinski definition) is 1. The first-order valence-electron chi connectivity index (χ1n) is 4.72. The average molecular weight is 178 g/mol. The summed E-state index contributed by atoms with van der Waals surface area (Å²) in [5, 5.41) is 9.41. The molecule has 2 rings (SSSR count). The highest BCUT2D eigenvalue weighted by Gasteiger charge is 2.12. The van der Waals surface area contributed by atoms with E-state index in [1.165, 1.54) is 0 Å². The fourth-order valence-corrected chi connectivity index (χ4v) is 1.81. The fraction of sp³-hybridized carbons (Fsp3) is 0.455. The van der Waals surface area contributed by atoms with Crippen LogP contribution >= 0.6 is 0 Å². The number of phenols is 1. The first-order valence-corrected chi connectivity index (χ1v) is 4.72. The van der Waals surface area contributed by atoms with Gasteiger partial charge < -0.3 is 9.84 Å². The molecule has 1 N–H and O–H groups in total. The van der Waals surface area contributed by atoms with E-state index in [0.717, 1.165) is 42.7 Å². The van der Waals surface area contributed by atoms with E-state index in [1.54, 1.807) is 6.07 Å². The summed E-state index contributed by atoms with van der Waals surface area (Å²) in [4.78, 5) is 0. The Morgan fingerprint density at radius 3 is 3.00 bits per heavy atom. The maximum Gasteiger partial charge on any atom is 0.125 e. The zero-order valence-electron chi connectivity index (χ0n) is 7.84. The summed E-state index contributed by atoms with van der Waals surface area (Å²) in [5.74, 6) is 1.33. The molecule has 2 heteroatoms. The molecular formula is C11H14O2. The van der Waals surface area contributed by atoms with Crippen LogP contribution in [0, 0.1) is 6.92 Å². The molecule has 0 saturated carbocycles. The Kier molecular flexibility index (Phi) is 2.13. The van der Waals surface area contributed by atoms with Gasteiger partial charge in [0.15, 0.2) is 0 Å². The molecule has 0 aromatic heterocycles. The van der Waals surface area contributed by atoms with Crippen molar-refractivity contribution in [3.63, 3.8) is 0 Å². The number of fused-ring (bicyclic) bond motifs is 1. The smallest absolute Gasteiger partial charge is 0.125 e. The third kappa shape index (κ3) is 1.62. The molecule has 0 aliphatic carbocycles. The highest BCUT2D eigenvalue weighted by Crippen LogP contribution is 2.31. The number of rotatable bonds is 0. The van der Waals surface area contributed by atoms with Gasteiger partial charge >= 0.3 is 0 Å². The SMILES string of the molecule is Cc1cc(O)cc2c1OCCCC2. The number of aryl methyl sites for hydroxylation is 2. The van der Waals surface area contributed by atoms with E-state index in [1.807, 2.05) is 13.0 Å². The van der Waals surface area contributed by atoms with Crippen molar-refractivity contribution in [3.05, 3.63) is 23.3 Å². The molecule has 1 aromatic rings. The molecule has 0 atom stereocenters. The van der Waals surface area contributed by atoms with Gasteiger partial charge in [0.2, 0.25) is 0 Å². The normalized spacial score (nSPS) is 15.8. The molecule has 2 nitrogen and oxygen atoms in total. The molecule has 1 aliphatic rings. The van der Waals surface area contributed by atoms with Crippen LogP contribution in [0.1, 0.15) is 24.0 Å². The van der Waals surface area contributed by atoms with Gasteiger partial charge in [-0.25, -0.2) is 0 Å². The maximum atomic E-state index is 9.41. The largest absolute Gasteiger partial charge is 0.508 e. The van der Waals surface area contributed by atoms with Crippen molar-refractivity contribution in [2.45, 2.75) is 26.2 Å². The van der Waals surface area contributed by atoms with Gasteiger partial charge in [0, 0.05) is 0 Å². The van der Waals surface area contributed by atoms with Crippen LogP contribution in [0.25, 0.3) is 0 Å². The molecule has 13 heavy (non-hydrogen) atoms. The van der Waals surface area contributed by atoms with Crippen LogP contribution in [0.5, 0.6) is 11.5 Å². The van der Waals surface area contributed by atoms with E-state index < -0.39 is 0 Å².